The van der Waals surface area contributed by atoms with Crippen LogP contribution in [0.2, 0.25) is 0 Å². The molecule has 13 heavy (non-hydrogen) atoms. The summed E-state index contributed by atoms with van der Waals surface area (Å²) in [6.07, 6.45) is -0.881. The molecule has 0 fully saturated rings. The Morgan fingerprint density at radius 1 is 1.62 bits per heavy atom. The minimum absolute atomic E-state index is 0.322. The number of carbonyl (C=O) groups excluding carboxylic acids is 1. The van der Waals surface area contributed by atoms with Gasteiger partial charge in [-0.3, -0.25) is 4.57 Å². The van der Waals surface area contributed by atoms with Crippen LogP contribution in [0.15, 0.2) is 11.9 Å². The molecule has 0 aliphatic heterocycles. The summed E-state index contributed by atoms with van der Waals surface area (Å²) in [5, 5.41) is 7.78. The molecule has 6 nitrogen and oxygen atoms in total. The number of rotatable bonds is 4. The van der Waals surface area contributed by atoms with Crippen LogP contribution in [-0.4, -0.2) is 33.6 Å². The van der Waals surface area contributed by atoms with Crippen molar-refractivity contribution < 1.29 is 29.0 Å². The molecule has 0 aromatic rings. The number of hydrogen-bond donors (Lipinski definition) is 3. The Hall–Kier alpha value is -0.680. The monoisotopic (exact) mass is 210 g/mol. The molecule has 0 aliphatic rings. The summed E-state index contributed by atoms with van der Waals surface area (Å²) < 4.78 is 14.8. The van der Waals surface area contributed by atoms with Crippen molar-refractivity contribution >= 4 is 13.6 Å². The largest absolute Gasteiger partial charge is 0.459 e. The van der Waals surface area contributed by atoms with E-state index in [2.05, 4.69) is 11.3 Å². The highest BCUT2D eigenvalue weighted by atomic mass is 31.2. The fourth-order valence-corrected chi connectivity index (χ4v) is 0.701. The molecule has 0 aromatic carbocycles. The van der Waals surface area contributed by atoms with E-state index >= 15 is 0 Å². The highest BCUT2D eigenvalue weighted by molar-refractivity contribution is 7.57. The summed E-state index contributed by atoms with van der Waals surface area (Å²) in [4.78, 5) is 27.7. The predicted octanol–water partition coefficient (Wildman–Crippen LogP) is -0.398. The van der Waals surface area contributed by atoms with Gasteiger partial charge >= 0.3 is 13.6 Å². The van der Waals surface area contributed by atoms with Crippen LogP contribution in [0.3, 0.4) is 0 Å². The van der Waals surface area contributed by atoms with Gasteiger partial charge in [-0.05, 0) is 6.92 Å². The minimum atomic E-state index is -4.62. The van der Waals surface area contributed by atoms with Gasteiger partial charge in [0.05, 0.1) is 6.10 Å². The van der Waals surface area contributed by atoms with Crippen molar-refractivity contribution in [2.75, 3.05) is 6.61 Å². The normalized spacial score (nSPS) is 13.5. The Kier molecular flexibility index (Phi) is 4.29. The third kappa shape index (κ3) is 4.80. The van der Waals surface area contributed by atoms with Crippen LogP contribution in [0.25, 0.3) is 0 Å². The molecule has 0 bridgehead atoms. The molecule has 0 spiro atoms. The van der Waals surface area contributed by atoms with Gasteiger partial charge in [-0.1, -0.05) is 6.58 Å². The van der Waals surface area contributed by atoms with Crippen molar-refractivity contribution in [3.8, 4) is 0 Å². The van der Waals surface area contributed by atoms with Crippen molar-refractivity contribution in [2.24, 2.45) is 0 Å². The first-order valence-electron chi connectivity index (χ1n) is 3.35. The Morgan fingerprint density at radius 3 is 2.38 bits per heavy atom. The van der Waals surface area contributed by atoms with Crippen LogP contribution < -0.4 is 0 Å². The molecule has 0 rings (SSSR count). The quantitative estimate of drug-likeness (QED) is 0.331. The molecule has 0 aromatic heterocycles. The Labute approximate surface area is 75.0 Å². The van der Waals surface area contributed by atoms with E-state index in [0.717, 1.165) is 0 Å². The second-order valence-corrected chi connectivity index (χ2v) is 4.07. The SMILES string of the molecule is C=C(C(=O)OCC(C)O)P(=O)(O)O. The van der Waals surface area contributed by atoms with E-state index in [1.54, 1.807) is 0 Å². The lowest BCUT2D eigenvalue weighted by Gasteiger charge is -2.08. The van der Waals surface area contributed by atoms with E-state index in [9.17, 15) is 9.36 Å². The van der Waals surface area contributed by atoms with Crippen molar-refractivity contribution in [2.45, 2.75) is 13.0 Å². The first kappa shape index (κ1) is 12.3. The van der Waals surface area contributed by atoms with Crippen LogP contribution in [0, 0.1) is 0 Å². The van der Waals surface area contributed by atoms with Crippen LogP contribution in [0.1, 0.15) is 6.92 Å². The van der Waals surface area contributed by atoms with E-state index < -0.39 is 25.0 Å². The van der Waals surface area contributed by atoms with Crippen molar-refractivity contribution in [3.05, 3.63) is 11.9 Å². The van der Waals surface area contributed by atoms with Gasteiger partial charge in [-0.2, -0.15) is 0 Å². The van der Waals surface area contributed by atoms with Gasteiger partial charge in [0.1, 0.15) is 11.9 Å². The molecule has 0 heterocycles. The van der Waals surface area contributed by atoms with Gasteiger partial charge < -0.3 is 19.6 Å². The van der Waals surface area contributed by atoms with E-state index in [1.807, 2.05) is 0 Å². The maximum absolute atomic E-state index is 10.8. The lowest BCUT2D eigenvalue weighted by molar-refractivity contribution is -0.140. The number of esters is 1. The van der Waals surface area contributed by atoms with Gasteiger partial charge in [-0.25, -0.2) is 4.79 Å². The van der Waals surface area contributed by atoms with E-state index in [4.69, 9.17) is 14.9 Å². The molecule has 0 saturated carbocycles. The molecule has 3 N–H and O–H groups in total. The Balaban J connectivity index is 4.15. The van der Waals surface area contributed by atoms with Crippen LogP contribution in [0.5, 0.6) is 0 Å². The third-order valence-corrected chi connectivity index (χ3v) is 1.93. The summed E-state index contributed by atoms with van der Waals surface area (Å²) in [6.45, 7) is 3.93. The third-order valence-electron chi connectivity index (χ3n) is 1.04. The fourth-order valence-electron chi connectivity index (χ4n) is 0.399. The first-order chi connectivity index (χ1) is 5.75. The molecule has 0 radical (unpaired) electrons. The van der Waals surface area contributed by atoms with Gasteiger partial charge in [0.2, 0.25) is 0 Å². The molecular formula is C6H11O6P. The molecule has 7 heteroatoms. The van der Waals surface area contributed by atoms with Gasteiger partial charge in [-0.15, -0.1) is 0 Å². The smallest absolute Gasteiger partial charge is 0.362 e. The highest BCUT2D eigenvalue weighted by Crippen LogP contribution is 2.44. The number of aliphatic hydroxyl groups is 1. The summed E-state index contributed by atoms with van der Waals surface area (Å²) in [5.74, 6) is -1.20. The minimum Gasteiger partial charge on any atom is -0.459 e. The van der Waals surface area contributed by atoms with Crippen molar-refractivity contribution in [1.82, 2.24) is 0 Å². The lowest BCUT2D eigenvalue weighted by atomic mass is 10.4. The summed E-state index contributed by atoms with van der Waals surface area (Å²) in [5.41, 5.74) is 0. The molecule has 0 amide bonds. The zero-order valence-electron chi connectivity index (χ0n) is 7.01. The Bertz CT molecular complexity index is 252. The summed E-state index contributed by atoms with van der Waals surface area (Å²) >= 11 is 0. The fraction of sp³-hybridized carbons (Fsp3) is 0.500. The molecule has 1 unspecified atom stereocenters. The lowest BCUT2D eigenvalue weighted by Crippen LogP contribution is -2.16. The highest BCUT2D eigenvalue weighted by Gasteiger charge is 2.27. The predicted molar refractivity (Wildman–Crippen MR) is 43.8 cm³/mol. The van der Waals surface area contributed by atoms with Gasteiger partial charge in [0.25, 0.3) is 0 Å². The maximum Gasteiger partial charge on any atom is 0.362 e. The van der Waals surface area contributed by atoms with E-state index in [1.165, 1.54) is 6.92 Å². The molecule has 0 aliphatic carbocycles. The zero-order valence-corrected chi connectivity index (χ0v) is 7.90. The van der Waals surface area contributed by atoms with Crippen molar-refractivity contribution in [3.63, 3.8) is 0 Å². The second-order valence-electron chi connectivity index (χ2n) is 2.44. The van der Waals surface area contributed by atoms with Gasteiger partial charge in [0, 0.05) is 0 Å². The number of aliphatic hydroxyl groups excluding tert-OH is 1. The second kappa shape index (κ2) is 4.53. The van der Waals surface area contributed by atoms with Crippen LogP contribution in [-0.2, 0) is 14.1 Å². The average molecular weight is 210 g/mol. The number of hydrogen-bond acceptors (Lipinski definition) is 4. The topological polar surface area (TPSA) is 104 Å². The van der Waals surface area contributed by atoms with Crippen molar-refractivity contribution in [1.29, 1.82) is 0 Å². The molecule has 1 atom stereocenters. The maximum atomic E-state index is 10.8. The van der Waals surface area contributed by atoms with Gasteiger partial charge in [0.15, 0.2) is 0 Å². The molecular weight excluding hydrogens is 199 g/mol. The Morgan fingerprint density at radius 2 is 2.08 bits per heavy atom. The molecule has 0 saturated heterocycles. The number of carbonyl (C=O) groups is 1. The van der Waals surface area contributed by atoms with Crippen LogP contribution >= 0.6 is 7.60 Å². The number of ether oxygens (including phenoxy) is 1. The van der Waals surface area contributed by atoms with E-state index in [-0.39, 0.29) is 6.61 Å². The van der Waals surface area contributed by atoms with E-state index in [0.29, 0.717) is 0 Å². The first-order valence-corrected chi connectivity index (χ1v) is 4.96. The zero-order chi connectivity index (χ0) is 10.6. The summed E-state index contributed by atoms with van der Waals surface area (Å²) in [6, 6.07) is 0. The average Bonchev–Trinajstić information content (AvgIpc) is 1.96. The van der Waals surface area contributed by atoms with Crippen LogP contribution in [0.4, 0.5) is 0 Å². The standard InChI is InChI=1S/C6H11O6P/c1-4(7)3-12-6(8)5(2)13(9,10)11/h4,7H,2-3H2,1H3,(H2,9,10,11). The summed E-state index contributed by atoms with van der Waals surface area (Å²) in [7, 11) is -4.62. The molecule has 76 valence electrons.